The van der Waals surface area contributed by atoms with Crippen LogP contribution in [0.5, 0.6) is 0 Å². The molecule has 0 saturated carbocycles. The number of nitrogens with one attached hydrogen (secondary N) is 1. The Morgan fingerprint density at radius 1 is 1.22 bits per heavy atom. The SMILES string of the molecule is CC(NCc1ccc(-c2ccc([N+](=O)[O-])cc2)s1)c1nc(C(C)(C)C)no1. The van der Waals surface area contributed by atoms with Crippen molar-refractivity contribution < 1.29 is 9.45 Å². The second kappa shape index (κ2) is 7.58. The van der Waals surface area contributed by atoms with Crippen molar-refractivity contribution in [1.82, 2.24) is 15.5 Å². The van der Waals surface area contributed by atoms with Crippen molar-refractivity contribution >= 4 is 17.0 Å². The Bertz CT molecular complexity index is 925. The van der Waals surface area contributed by atoms with E-state index in [1.165, 1.54) is 12.1 Å². The molecule has 2 heterocycles. The van der Waals surface area contributed by atoms with Crippen molar-refractivity contribution in [3.63, 3.8) is 0 Å². The topological polar surface area (TPSA) is 94.1 Å². The number of benzene rings is 1. The quantitative estimate of drug-likeness (QED) is 0.480. The Kier molecular flexibility index (Phi) is 5.38. The highest BCUT2D eigenvalue weighted by molar-refractivity contribution is 7.15. The van der Waals surface area contributed by atoms with Crippen LogP contribution in [-0.2, 0) is 12.0 Å². The molecule has 0 aliphatic heterocycles. The molecule has 3 rings (SSSR count). The number of nitrogens with zero attached hydrogens (tertiary/aromatic N) is 3. The first kappa shape index (κ1) is 19.2. The molecule has 0 radical (unpaired) electrons. The molecule has 1 N–H and O–H groups in total. The summed E-state index contributed by atoms with van der Waals surface area (Å²) in [6, 6.07) is 10.6. The molecule has 27 heavy (non-hydrogen) atoms. The van der Waals surface area contributed by atoms with E-state index in [0.29, 0.717) is 18.3 Å². The lowest BCUT2D eigenvalue weighted by atomic mass is 9.96. The Balaban J connectivity index is 1.62. The fourth-order valence-corrected chi connectivity index (χ4v) is 3.40. The third-order valence-electron chi connectivity index (χ3n) is 4.09. The molecule has 0 bridgehead atoms. The fraction of sp³-hybridized carbons (Fsp3) is 0.368. The molecule has 142 valence electrons. The Hall–Kier alpha value is -2.58. The van der Waals surface area contributed by atoms with Gasteiger partial charge in [0.1, 0.15) is 0 Å². The minimum absolute atomic E-state index is 0.0569. The summed E-state index contributed by atoms with van der Waals surface area (Å²) in [6.45, 7) is 8.80. The zero-order chi connectivity index (χ0) is 19.6. The highest BCUT2D eigenvalue weighted by Gasteiger charge is 2.23. The van der Waals surface area contributed by atoms with Crippen molar-refractivity contribution in [3.8, 4) is 10.4 Å². The summed E-state index contributed by atoms with van der Waals surface area (Å²) in [6.07, 6.45) is 0. The van der Waals surface area contributed by atoms with E-state index in [0.717, 1.165) is 15.3 Å². The first-order valence-electron chi connectivity index (χ1n) is 8.65. The number of nitro benzene ring substituents is 1. The summed E-state index contributed by atoms with van der Waals surface area (Å²) >= 11 is 1.65. The van der Waals surface area contributed by atoms with Crippen LogP contribution in [0.1, 0.15) is 50.3 Å². The predicted octanol–water partition coefficient (Wildman–Crippen LogP) is 4.85. The molecule has 2 aromatic heterocycles. The van der Waals surface area contributed by atoms with Crippen LogP contribution in [0.2, 0.25) is 0 Å². The third kappa shape index (κ3) is 4.58. The first-order chi connectivity index (χ1) is 12.7. The number of thiophene rings is 1. The number of non-ortho nitro benzene ring substituents is 1. The van der Waals surface area contributed by atoms with Crippen LogP contribution in [0.4, 0.5) is 5.69 Å². The van der Waals surface area contributed by atoms with Crippen molar-refractivity contribution in [3.05, 3.63) is 63.1 Å². The average Bonchev–Trinajstić information content (AvgIpc) is 3.29. The van der Waals surface area contributed by atoms with Gasteiger partial charge in [0, 0.05) is 33.8 Å². The molecular weight excluding hydrogens is 364 g/mol. The van der Waals surface area contributed by atoms with Crippen LogP contribution in [-0.4, -0.2) is 15.1 Å². The van der Waals surface area contributed by atoms with Crippen LogP contribution >= 0.6 is 11.3 Å². The lowest BCUT2D eigenvalue weighted by molar-refractivity contribution is -0.384. The molecule has 1 aromatic carbocycles. The van der Waals surface area contributed by atoms with Gasteiger partial charge >= 0.3 is 0 Å². The number of rotatable bonds is 6. The smallest absolute Gasteiger partial charge is 0.269 e. The number of nitro groups is 1. The largest absolute Gasteiger partial charge is 0.338 e. The zero-order valence-corrected chi connectivity index (χ0v) is 16.5. The molecule has 0 saturated heterocycles. The van der Waals surface area contributed by atoms with Gasteiger partial charge in [-0.05, 0) is 36.8 Å². The standard InChI is InChI=1S/C19H22N4O3S/c1-12(17-21-18(22-26-17)19(2,3)4)20-11-15-9-10-16(27-15)13-5-7-14(8-6-13)23(24)25/h5-10,12,20H,11H2,1-4H3. The number of hydrogen-bond acceptors (Lipinski definition) is 7. The minimum Gasteiger partial charge on any atom is -0.338 e. The van der Waals surface area contributed by atoms with E-state index in [-0.39, 0.29) is 17.1 Å². The number of aromatic nitrogens is 2. The Labute approximate surface area is 161 Å². The summed E-state index contributed by atoms with van der Waals surface area (Å²) in [5, 5.41) is 18.2. The normalized spacial score (nSPS) is 12.9. The van der Waals surface area contributed by atoms with E-state index in [1.807, 2.05) is 33.8 Å². The van der Waals surface area contributed by atoms with E-state index in [4.69, 9.17) is 4.52 Å². The molecule has 8 heteroatoms. The van der Waals surface area contributed by atoms with Gasteiger partial charge in [0.05, 0.1) is 11.0 Å². The van der Waals surface area contributed by atoms with Gasteiger partial charge in [0.15, 0.2) is 5.82 Å². The molecule has 0 spiro atoms. The average molecular weight is 386 g/mol. The van der Waals surface area contributed by atoms with Crippen LogP contribution in [0.25, 0.3) is 10.4 Å². The summed E-state index contributed by atoms with van der Waals surface area (Å²) < 4.78 is 5.37. The summed E-state index contributed by atoms with van der Waals surface area (Å²) in [4.78, 5) is 17.1. The maximum absolute atomic E-state index is 10.8. The van der Waals surface area contributed by atoms with Crippen LogP contribution in [0, 0.1) is 10.1 Å². The lowest BCUT2D eigenvalue weighted by Crippen LogP contribution is -2.18. The zero-order valence-electron chi connectivity index (χ0n) is 15.7. The first-order valence-corrected chi connectivity index (χ1v) is 9.46. The van der Waals surface area contributed by atoms with Crippen LogP contribution in [0.15, 0.2) is 40.9 Å². The van der Waals surface area contributed by atoms with Gasteiger partial charge in [-0.15, -0.1) is 11.3 Å². The monoisotopic (exact) mass is 386 g/mol. The van der Waals surface area contributed by atoms with Gasteiger partial charge in [-0.2, -0.15) is 4.98 Å². The van der Waals surface area contributed by atoms with Gasteiger partial charge in [0.25, 0.3) is 5.69 Å². The molecule has 7 nitrogen and oxygen atoms in total. The van der Waals surface area contributed by atoms with E-state index < -0.39 is 4.92 Å². The molecule has 0 aliphatic rings. The van der Waals surface area contributed by atoms with Crippen LogP contribution < -0.4 is 5.32 Å². The molecule has 3 aromatic rings. The van der Waals surface area contributed by atoms with Gasteiger partial charge < -0.3 is 9.84 Å². The van der Waals surface area contributed by atoms with Gasteiger partial charge in [-0.25, -0.2) is 0 Å². The van der Waals surface area contributed by atoms with Crippen molar-refractivity contribution in [1.29, 1.82) is 0 Å². The van der Waals surface area contributed by atoms with E-state index >= 15 is 0 Å². The molecule has 0 fully saturated rings. The molecular formula is C19H22N4O3S. The van der Waals surface area contributed by atoms with E-state index in [9.17, 15) is 10.1 Å². The highest BCUT2D eigenvalue weighted by Crippen LogP contribution is 2.30. The molecule has 0 aliphatic carbocycles. The third-order valence-corrected chi connectivity index (χ3v) is 5.22. The van der Waals surface area contributed by atoms with Gasteiger partial charge in [-0.3, -0.25) is 10.1 Å². The van der Waals surface area contributed by atoms with E-state index in [2.05, 4.69) is 21.5 Å². The maximum atomic E-state index is 10.8. The van der Waals surface area contributed by atoms with Crippen LogP contribution in [0.3, 0.4) is 0 Å². The predicted molar refractivity (Wildman–Crippen MR) is 105 cm³/mol. The second-order valence-corrected chi connectivity index (χ2v) is 8.55. The Morgan fingerprint density at radius 3 is 2.52 bits per heavy atom. The van der Waals surface area contributed by atoms with E-state index in [1.54, 1.807) is 23.5 Å². The minimum atomic E-state index is -0.391. The van der Waals surface area contributed by atoms with Gasteiger partial charge in [-0.1, -0.05) is 25.9 Å². The summed E-state index contributed by atoms with van der Waals surface area (Å²) in [7, 11) is 0. The molecule has 0 amide bonds. The van der Waals surface area contributed by atoms with Crippen molar-refractivity contribution in [2.24, 2.45) is 0 Å². The summed E-state index contributed by atoms with van der Waals surface area (Å²) in [5.74, 6) is 1.27. The maximum Gasteiger partial charge on any atom is 0.269 e. The van der Waals surface area contributed by atoms with Gasteiger partial charge in [0.2, 0.25) is 5.89 Å². The fourth-order valence-electron chi connectivity index (χ4n) is 2.43. The number of hydrogen-bond donors (Lipinski definition) is 1. The lowest BCUT2D eigenvalue weighted by Gasteiger charge is -2.11. The molecule has 1 atom stereocenters. The second-order valence-electron chi connectivity index (χ2n) is 7.38. The van der Waals surface area contributed by atoms with Crippen molar-refractivity contribution in [2.45, 2.75) is 45.7 Å². The highest BCUT2D eigenvalue weighted by atomic mass is 32.1. The molecule has 1 unspecified atom stereocenters. The summed E-state index contributed by atoms with van der Waals surface area (Å²) in [5.41, 5.74) is 0.923. The Morgan fingerprint density at radius 2 is 1.93 bits per heavy atom. The van der Waals surface area contributed by atoms with Crippen molar-refractivity contribution in [2.75, 3.05) is 0 Å².